The van der Waals surface area contributed by atoms with Crippen molar-refractivity contribution in [2.45, 2.75) is 155 Å². The maximum absolute atomic E-state index is 12.9. The van der Waals surface area contributed by atoms with E-state index in [0.717, 1.165) is 56.6 Å². The molecule has 5 aliphatic rings. The Bertz CT molecular complexity index is 3110. The van der Waals surface area contributed by atoms with E-state index in [4.69, 9.17) is 51.1 Å². The molecule has 6 aromatic rings. The van der Waals surface area contributed by atoms with Crippen LogP contribution in [0.25, 0.3) is 11.0 Å². The van der Waals surface area contributed by atoms with Crippen molar-refractivity contribution in [1.82, 2.24) is 39.8 Å². The van der Waals surface area contributed by atoms with E-state index in [-0.39, 0.29) is 58.1 Å². The number of carbonyl (C=O) groups is 2. The average molecular weight is 1200 g/mol. The number of nitrogens with one attached hydrogen (secondary N) is 2. The van der Waals surface area contributed by atoms with Crippen LogP contribution in [0.4, 0.5) is 11.6 Å². The molecule has 24 heteroatoms. The molecule has 5 saturated heterocycles. The van der Waals surface area contributed by atoms with Crippen LogP contribution in [0, 0.1) is 11.8 Å². The molecule has 0 radical (unpaired) electrons. The third-order valence-electron chi connectivity index (χ3n) is 17.1. The summed E-state index contributed by atoms with van der Waals surface area (Å²) < 4.78 is 40.8. The Balaban J connectivity index is 0.000000153. The van der Waals surface area contributed by atoms with Gasteiger partial charge in [0, 0.05) is 58.6 Å². The molecule has 11 rings (SSSR count). The summed E-state index contributed by atoms with van der Waals surface area (Å²) in [7, 11) is -1.42. The number of hydrogen-bond acceptors (Lipinski definition) is 14. The quantitative estimate of drug-likeness (QED) is 0.111. The topological polar surface area (TPSA) is 180 Å². The summed E-state index contributed by atoms with van der Waals surface area (Å²) in [5.41, 5.74) is 2.55. The summed E-state index contributed by atoms with van der Waals surface area (Å²) in [6, 6.07) is 19.2. The van der Waals surface area contributed by atoms with E-state index in [0.29, 0.717) is 36.2 Å². The van der Waals surface area contributed by atoms with Crippen molar-refractivity contribution in [2.75, 3.05) is 36.0 Å². The lowest BCUT2D eigenvalue weighted by atomic mass is 9.49. The number of nitrogens with zero attached hydrogens (tertiary/aromatic N) is 8. The molecule has 9 heterocycles. The smallest absolute Gasteiger partial charge is 0.405 e. The summed E-state index contributed by atoms with van der Waals surface area (Å²) in [6.45, 7) is 31.0. The number of fused-ring (bicyclic) bond motifs is 2. The molecule has 0 saturated carbocycles. The van der Waals surface area contributed by atoms with Gasteiger partial charge in [0.1, 0.15) is 23.7 Å². The SMILES string of the molecule is CC1(C)OB(B2OC(C)(C)C(C)(C)O2)OC1(C)C.CC[C@H](NC(=O)C1CN(c2ncnn3cc(B4OC(C)(C)C(C)(C)O4)cc23)C1)c1ccc(Cl)cc1.CC[C@H](NC(=O)C1CN(c2ncnn3cc(Br)cc23)C1)c1ccc(Cl)cc1. The van der Waals surface area contributed by atoms with Crippen LogP contribution < -0.4 is 25.9 Å². The molecule has 0 bridgehead atoms. The van der Waals surface area contributed by atoms with E-state index >= 15 is 0 Å². The number of rotatable bonds is 12. The highest BCUT2D eigenvalue weighted by atomic mass is 79.9. The number of aromatic nitrogens is 6. The van der Waals surface area contributed by atoms with Gasteiger partial charge in [-0.25, -0.2) is 19.0 Å². The normalized spacial score (nSPS) is 21.3. The number of hydrogen-bond donors (Lipinski definition) is 2. The number of carbonyl (C=O) groups excluding carboxylic acids is 2. The summed E-state index contributed by atoms with van der Waals surface area (Å²) in [5.74, 6) is 1.65. The minimum atomic E-state index is -0.476. The van der Waals surface area contributed by atoms with Crippen molar-refractivity contribution >= 4 is 100 Å². The van der Waals surface area contributed by atoms with E-state index in [2.05, 4.69) is 70.4 Å². The Kier molecular flexibility index (Phi) is 17.0. The molecule has 5 aliphatic heterocycles. The highest BCUT2D eigenvalue weighted by Gasteiger charge is 2.64. The third-order valence-corrected chi connectivity index (χ3v) is 18.1. The second kappa shape index (κ2) is 22.8. The standard InChI is InChI=1S/C25H31BClN5O3.C19H19BrClN5O.C12H24B2O4/c1-6-20(16-7-9-19(27)10-8-16)30-23(33)17-12-31(13-17)22-21-11-18(14-32(21)29-15-28-22)26-34-24(2,3)25(4,5)35-26;1-2-16(12-3-5-15(21)6-4-12)24-19(27)13-8-25(9-13)18-17-7-14(20)10-26(17)23-11-22-18;1-9(2)10(3,4)16-13(15-9)14-17-11(5,6)12(7,8)18-14/h7-11,14-15,17,20H,6,12-13H2,1-5H3,(H,30,33);3-7,10-11,13,16H,2,8-9H2,1H3,(H,24,27);1-8H3/t20-;16-;/m00./s1. The molecule has 5 fully saturated rings. The molecule has 0 unspecified atom stereocenters. The third kappa shape index (κ3) is 12.3. The zero-order chi connectivity index (χ0) is 57.9. The Morgan fingerprint density at radius 2 is 0.925 bits per heavy atom. The number of amides is 2. The molecule has 80 heavy (non-hydrogen) atoms. The molecular formula is C56H74B3BrCl2N10O8. The van der Waals surface area contributed by atoms with Crippen LogP contribution in [0.2, 0.25) is 10.0 Å². The maximum atomic E-state index is 12.9. The lowest BCUT2D eigenvalue weighted by Crippen LogP contribution is -2.54. The van der Waals surface area contributed by atoms with E-state index < -0.39 is 32.3 Å². The summed E-state index contributed by atoms with van der Waals surface area (Å²) >= 11 is 15.4. The van der Waals surface area contributed by atoms with Gasteiger partial charge in [-0.1, -0.05) is 61.3 Å². The van der Waals surface area contributed by atoms with Crippen molar-refractivity contribution in [1.29, 1.82) is 0 Å². The van der Waals surface area contributed by atoms with Crippen LogP contribution in [0.3, 0.4) is 0 Å². The first-order chi connectivity index (χ1) is 37.5. The van der Waals surface area contributed by atoms with Crippen molar-refractivity contribution in [2.24, 2.45) is 11.8 Å². The lowest BCUT2D eigenvalue weighted by Gasteiger charge is -2.39. The molecule has 2 N–H and O–H groups in total. The minimum absolute atomic E-state index is 0.00356. The Labute approximate surface area is 489 Å². The van der Waals surface area contributed by atoms with Gasteiger partial charge in [0.05, 0.1) is 57.5 Å². The average Bonchev–Trinajstić information content (AvgIpc) is 4.14. The van der Waals surface area contributed by atoms with Gasteiger partial charge in [-0.2, -0.15) is 10.2 Å². The molecule has 2 aromatic carbocycles. The second-order valence-electron chi connectivity index (χ2n) is 24.3. The molecule has 426 valence electrons. The lowest BCUT2D eigenvalue weighted by molar-refractivity contribution is -0.127. The van der Waals surface area contributed by atoms with Gasteiger partial charge in [0.2, 0.25) is 11.8 Å². The van der Waals surface area contributed by atoms with Gasteiger partial charge in [0.25, 0.3) is 0 Å². The van der Waals surface area contributed by atoms with Gasteiger partial charge < -0.3 is 48.4 Å². The largest absolute Gasteiger partial charge is 0.496 e. The van der Waals surface area contributed by atoms with Crippen LogP contribution in [-0.4, -0.2) is 122 Å². The first kappa shape index (κ1) is 59.8. The Morgan fingerprint density at radius 1 is 0.575 bits per heavy atom. The Hall–Kier alpha value is -4.77. The molecule has 0 aliphatic carbocycles. The van der Waals surface area contributed by atoms with Crippen LogP contribution >= 0.6 is 39.1 Å². The molecular weight excluding hydrogens is 1120 g/mol. The molecule has 4 aromatic heterocycles. The number of benzene rings is 2. The van der Waals surface area contributed by atoms with E-state index in [1.807, 2.05) is 156 Å². The van der Waals surface area contributed by atoms with Gasteiger partial charge in [-0.3, -0.25) is 9.59 Å². The van der Waals surface area contributed by atoms with Crippen LogP contribution in [-0.2, 0) is 37.5 Å². The number of halogens is 3. The zero-order valence-corrected chi connectivity index (χ0v) is 51.4. The Morgan fingerprint density at radius 3 is 1.30 bits per heavy atom. The van der Waals surface area contributed by atoms with Crippen molar-refractivity contribution in [3.05, 3.63) is 111 Å². The van der Waals surface area contributed by atoms with Gasteiger partial charge in [-0.05, 0) is 159 Å². The highest BCUT2D eigenvalue weighted by molar-refractivity contribution is 9.10. The number of anilines is 2. The van der Waals surface area contributed by atoms with Crippen LogP contribution in [0.1, 0.15) is 133 Å². The molecule has 2 atom stereocenters. The summed E-state index contributed by atoms with van der Waals surface area (Å²) in [6.07, 6.45) is 8.52. The molecule has 0 spiro atoms. The van der Waals surface area contributed by atoms with E-state index in [1.54, 1.807) is 9.03 Å². The van der Waals surface area contributed by atoms with Crippen LogP contribution in [0.15, 0.2) is 90.2 Å². The first-order valence-electron chi connectivity index (χ1n) is 27.5. The molecule has 18 nitrogen and oxygen atoms in total. The van der Waals surface area contributed by atoms with Crippen LogP contribution in [0.5, 0.6) is 0 Å². The van der Waals surface area contributed by atoms with Crippen molar-refractivity contribution < 1.29 is 37.5 Å². The van der Waals surface area contributed by atoms with Crippen molar-refractivity contribution in [3.8, 4) is 0 Å². The first-order valence-corrected chi connectivity index (χ1v) is 29.1. The van der Waals surface area contributed by atoms with E-state index in [9.17, 15) is 9.59 Å². The summed E-state index contributed by atoms with van der Waals surface area (Å²) in [4.78, 5) is 38.7. The fourth-order valence-corrected chi connectivity index (χ4v) is 10.5. The fraction of sp³-hybridized carbons (Fsp3) is 0.536. The second-order valence-corrected chi connectivity index (χ2v) is 26.1. The summed E-state index contributed by atoms with van der Waals surface area (Å²) in [5, 5.41) is 16.3. The predicted octanol–water partition coefficient (Wildman–Crippen LogP) is 9.48. The minimum Gasteiger partial charge on any atom is -0.405 e. The molecule has 2 amide bonds. The monoisotopic (exact) mass is 1200 g/mol. The predicted molar refractivity (Wildman–Crippen MR) is 318 cm³/mol. The van der Waals surface area contributed by atoms with Gasteiger partial charge >= 0.3 is 21.1 Å². The highest BCUT2D eigenvalue weighted by Crippen LogP contribution is 2.43. The maximum Gasteiger partial charge on any atom is 0.496 e. The van der Waals surface area contributed by atoms with Gasteiger partial charge in [-0.15, -0.1) is 0 Å². The van der Waals surface area contributed by atoms with Gasteiger partial charge in [0.15, 0.2) is 11.6 Å². The zero-order valence-electron chi connectivity index (χ0n) is 48.3. The fourth-order valence-electron chi connectivity index (χ4n) is 9.86. The van der Waals surface area contributed by atoms with E-state index in [1.165, 1.54) is 12.7 Å². The van der Waals surface area contributed by atoms with Crippen molar-refractivity contribution in [3.63, 3.8) is 0 Å².